The van der Waals surface area contributed by atoms with Crippen LogP contribution < -0.4 is 4.73 Å². The smallest absolute Gasteiger partial charge is 0.402 e. The molecule has 4 heteroatoms. The number of carbonyl (C=O) groups is 1. The Kier molecular flexibility index (Phi) is 2.78. The van der Waals surface area contributed by atoms with Gasteiger partial charge in [0.05, 0.1) is 0 Å². The van der Waals surface area contributed by atoms with Crippen molar-refractivity contribution in [2.45, 2.75) is 6.92 Å². The second kappa shape index (κ2) is 4.25. The van der Waals surface area contributed by atoms with Gasteiger partial charge in [-0.1, -0.05) is 18.2 Å². The summed E-state index contributed by atoms with van der Waals surface area (Å²) in [5, 5.41) is 20.9. The summed E-state index contributed by atoms with van der Waals surface area (Å²) in [4.78, 5) is 10.9. The normalized spacial score (nSPS) is 10.2. The van der Waals surface area contributed by atoms with E-state index < -0.39 is 5.97 Å². The fourth-order valence-corrected chi connectivity index (χ4v) is 1.73. The molecule has 0 fully saturated rings. The zero-order valence-corrected chi connectivity index (χ0v) is 9.25. The molecule has 0 aliphatic rings. The van der Waals surface area contributed by atoms with Crippen LogP contribution in [0.2, 0.25) is 0 Å². The zero-order chi connectivity index (χ0) is 12.4. The molecule has 0 atom stereocenters. The van der Waals surface area contributed by atoms with Gasteiger partial charge in [-0.05, 0) is 25.1 Å². The lowest BCUT2D eigenvalue weighted by molar-refractivity contribution is -0.597. The molecule has 2 aromatic rings. The molecule has 0 aliphatic heterocycles. The van der Waals surface area contributed by atoms with Crippen LogP contribution in [0.25, 0.3) is 11.3 Å². The number of carboxylic acid groups (broad SMARTS) is 1. The third-order valence-corrected chi connectivity index (χ3v) is 2.55. The molecule has 0 saturated heterocycles. The predicted molar refractivity (Wildman–Crippen MR) is 62.5 cm³/mol. The van der Waals surface area contributed by atoms with Gasteiger partial charge in [0.25, 0.3) is 0 Å². The average Bonchev–Trinajstić information content (AvgIpc) is 2.30. The van der Waals surface area contributed by atoms with Gasteiger partial charge >= 0.3 is 11.7 Å². The largest absolute Gasteiger partial charge is 0.618 e. The minimum atomic E-state index is -1.22. The van der Waals surface area contributed by atoms with Crippen molar-refractivity contribution in [2.24, 2.45) is 0 Å². The Hall–Kier alpha value is -2.36. The van der Waals surface area contributed by atoms with Crippen molar-refractivity contribution in [2.75, 3.05) is 0 Å². The number of rotatable bonds is 2. The van der Waals surface area contributed by atoms with Gasteiger partial charge in [0.2, 0.25) is 5.69 Å². The molecule has 0 spiro atoms. The Labute approximate surface area is 98.4 Å². The highest BCUT2D eigenvalue weighted by atomic mass is 16.5. The van der Waals surface area contributed by atoms with Crippen LogP contribution in [-0.4, -0.2) is 11.1 Å². The zero-order valence-electron chi connectivity index (χ0n) is 9.25. The number of aromatic nitrogens is 1. The molecule has 1 aromatic carbocycles. The van der Waals surface area contributed by atoms with Gasteiger partial charge in [-0.3, -0.25) is 0 Å². The van der Waals surface area contributed by atoms with Crippen LogP contribution in [0.5, 0.6) is 0 Å². The SMILES string of the molecule is Cc1ccc(C(=O)O)[n+]([O-])c1-c1ccccc1. The maximum Gasteiger partial charge on any atom is 0.402 e. The van der Waals surface area contributed by atoms with E-state index in [0.29, 0.717) is 16.0 Å². The highest BCUT2D eigenvalue weighted by Gasteiger charge is 2.21. The van der Waals surface area contributed by atoms with Crippen molar-refractivity contribution in [3.05, 3.63) is 58.9 Å². The van der Waals surface area contributed by atoms with Gasteiger partial charge in [0.15, 0.2) is 0 Å². The summed E-state index contributed by atoms with van der Waals surface area (Å²) >= 11 is 0. The van der Waals surface area contributed by atoms with Crippen LogP contribution in [0.4, 0.5) is 0 Å². The second-order valence-corrected chi connectivity index (χ2v) is 3.72. The van der Waals surface area contributed by atoms with E-state index in [4.69, 9.17) is 5.11 Å². The maximum absolute atomic E-state index is 12.0. The minimum Gasteiger partial charge on any atom is -0.618 e. The first-order valence-corrected chi connectivity index (χ1v) is 5.13. The lowest BCUT2D eigenvalue weighted by Gasteiger charge is -2.09. The van der Waals surface area contributed by atoms with E-state index in [1.54, 1.807) is 25.1 Å². The highest BCUT2D eigenvalue weighted by Crippen LogP contribution is 2.19. The molecule has 0 saturated carbocycles. The van der Waals surface area contributed by atoms with Crippen LogP contribution in [0.3, 0.4) is 0 Å². The third-order valence-electron chi connectivity index (χ3n) is 2.55. The lowest BCUT2D eigenvalue weighted by Crippen LogP contribution is -2.37. The molecule has 0 aliphatic carbocycles. The van der Waals surface area contributed by atoms with Crippen molar-refractivity contribution in [3.8, 4) is 11.3 Å². The fourth-order valence-electron chi connectivity index (χ4n) is 1.73. The van der Waals surface area contributed by atoms with E-state index in [1.807, 2.05) is 18.2 Å². The molecule has 17 heavy (non-hydrogen) atoms. The Morgan fingerprint density at radius 1 is 1.18 bits per heavy atom. The topological polar surface area (TPSA) is 64.2 Å². The first kappa shape index (κ1) is 11.1. The molecule has 2 rings (SSSR count). The summed E-state index contributed by atoms with van der Waals surface area (Å²) in [6, 6.07) is 12.0. The molecule has 0 bridgehead atoms. The maximum atomic E-state index is 12.0. The van der Waals surface area contributed by atoms with Crippen molar-refractivity contribution < 1.29 is 14.6 Å². The van der Waals surface area contributed by atoms with Crippen LogP contribution in [0.15, 0.2) is 42.5 Å². The number of pyridine rings is 1. The van der Waals surface area contributed by atoms with Gasteiger partial charge in [-0.25, -0.2) is 4.79 Å². The van der Waals surface area contributed by atoms with E-state index in [2.05, 4.69) is 0 Å². The molecule has 0 amide bonds. The number of benzene rings is 1. The van der Waals surface area contributed by atoms with E-state index in [9.17, 15) is 10.0 Å². The Morgan fingerprint density at radius 3 is 2.41 bits per heavy atom. The summed E-state index contributed by atoms with van der Waals surface area (Å²) in [5.74, 6) is -1.22. The molecule has 1 heterocycles. The van der Waals surface area contributed by atoms with E-state index in [0.717, 1.165) is 5.56 Å². The van der Waals surface area contributed by atoms with Gasteiger partial charge in [0, 0.05) is 17.2 Å². The molecule has 86 valence electrons. The van der Waals surface area contributed by atoms with Crippen LogP contribution in [0, 0.1) is 12.1 Å². The van der Waals surface area contributed by atoms with Crippen molar-refractivity contribution in [3.63, 3.8) is 0 Å². The Morgan fingerprint density at radius 2 is 1.82 bits per heavy atom. The van der Waals surface area contributed by atoms with Crippen LogP contribution in [0.1, 0.15) is 16.1 Å². The summed E-state index contributed by atoms with van der Waals surface area (Å²) in [5.41, 5.74) is 1.57. The summed E-state index contributed by atoms with van der Waals surface area (Å²) < 4.78 is 0.465. The van der Waals surface area contributed by atoms with Gasteiger partial charge in [0.1, 0.15) is 0 Å². The summed E-state index contributed by atoms with van der Waals surface area (Å²) in [7, 11) is 0. The fraction of sp³-hybridized carbons (Fsp3) is 0.0769. The van der Waals surface area contributed by atoms with Gasteiger partial charge in [-0.15, -0.1) is 0 Å². The van der Waals surface area contributed by atoms with Crippen molar-refractivity contribution in [1.82, 2.24) is 0 Å². The molecule has 1 N–H and O–H groups in total. The quantitative estimate of drug-likeness (QED) is 0.632. The van der Waals surface area contributed by atoms with E-state index in [1.165, 1.54) is 6.07 Å². The standard InChI is InChI=1S/C13H11NO3/c1-9-7-8-11(13(15)16)14(17)12(9)10-5-3-2-4-6-10/h2-8H,1H3,(H,15,16). The number of nitrogens with zero attached hydrogens (tertiary/aromatic N) is 1. The van der Waals surface area contributed by atoms with Crippen LogP contribution in [-0.2, 0) is 0 Å². The van der Waals surface area contributed by atoms with Gasteiger partial charge < -0.3 is 10.3 Å². The Bertz CT molecular complexity index is 564. The van der Waals surface area contributed by atoms with Gasteiger partial charge in [-0.2, -0.15) is 4.73 Å². The molecular weight excluding hydrogens is 218 g/mol. The van der Waals surface area contributed by atoms with E-state index in [-0.39, 0.29) is 5.69 Å². The third kappa shape index (κ3) is 1.97. The van der Waals surface area contributed by atoms with Crippen LogP contribution >= 0.6 is 0 Å². The summed E-state index contributed by atoms with van der Waals surface area (Å²) in [6.45, 7) is 1.78. The number of hydrogen-bond donors (Lipinski definition) is 1. The molecule has 4 nitrogen and oxygen atoms in total. The number of aryl methyl sites for hydroxylation is 1. The average molecular weight is 229 g/mol. The minimum absolute atomic E-state index is 0.269. The predicted octanol–water partition coefficient (Wildman–Crippen LogP) is 1.99. The highest BCUT2D eigenvalue weighted by molar-refractivity contribution is 5.84. The summed E-state index contributed by atoms with van der Waals surface area (Å²) in [6.07, 6.45) is 0. The number of carboxylic acids is 1. The molecule has 0 radical (unpaired) electrons. The first-order valence-electron chi connectivity index (χ1n) is 5.13. The van der Waals surface area contributed by atoms with E-state index >= 15 is 0 Å². The first-order chi connectivity index (χ1) is 8.11. The number of hydrogen-bond acceptors (Lipinski definition) is 2. The molecule has 0 unspecified atom stereocenters. The van der Waals surface area contributed by atoms with Crippen molar-refractivity contribution in [1.29, 1.82) is 0 Å². The number of aromatic carboxylic acids is 1. The second-order valence-electron chi connectivity index (χ2n) is 3.72. The monoisotopic (exact) mass is 229 g/mol. The molecular formula is C13H11NO3. The lowest BCUT2D eigenvalue weighted by atomic mass is 10.1. The van der Waals surface area contributed by atoms with Crippen molar-refractivity contribution >= 4 is 5.97 Å². The Balaban J connectivity index is 2.69. The molecule has 1 aromatic heterocycles.